The van der Waals surface area contributed by atoms with Gasteiger partial charge in [0.2, 0.25) is 0 Å². The van der Waals surface area contributed by atoms with Gasteiger partial charge in [-0.05, 0) is 18.4 Å². The molecule has 0 N–H and O–H groups in total. The van der Waals surface area contributed by atoms with Crippen LogP contribution in [-0.4, -0.2) is 46.1 Å². The van der Waals surface area contributed by atoms with E-state index in [0.29, 0.717) is 0 Å². The fraction of sp³-hybridized carbons (Fsp3) is 0.412. The van der Waals surface area contributed by atoms with Crippen LogP contribution in [0.15, 0.2) is 32.8 Å². The molecule has 7 heteroatoms. The molecular weight excluding hydrogens is 340 g/mol. The average molecular weight is 361 g/mol. The summed E-state index contributed by atoms with van der Waals surface area (Å²) in [5, 5.41) is 11.7. The van der Waals surface area contributed by atoms with E-state index >= 15 is 0 Å². The number of nitrogens with zero attached hydrogens (tertiary/aromatic N) is 4. The highest BCUT2D eigenvalue weighted by molar-refractivity contribution is 7.14. The molecular formula is C17H20N4OS2. The number of aryl methyl sites for hydroxylation is 1. The monoisotopic (exact) mass is 360 g/mol. The van der Waals surface area contributed by atoms with E-state index in [2.05, 4.69) is 37.2 Å². The maximum absolute atomic E-state index is 5.15. The molecule has 1 saturated heterocycles. The van der Waals surface area contributed by atoms with Gasteiger partial charge in [0.1, 0.15) is 10.8 Å². The Morgan fingerprint density at radius 1 is 1.08 bits per heavy atom. The molecule has 0 bridgehead atoms. The number of rotatable bonds is 5. The second kappa shape index (κ2) is 7.14. The van der Waals surface area contributed by atoms with Crippen LogP contribution in [0.5, 0.6) is 0 Å². The first-order chi connectivity index (χ1) is 11.8. The first-order valence-corrected chi connectivity index (χ1v) is 9.92. The lowest BCUT2D eigenvalue weighted by molar-refractivity contribution is 0.119. The largest absolute Gasteiger partial charge is 0.361 e. The predicted octanol–water partition coefficient (Wildman–Crippen LogP) is 3.49. The molecule has 0 radical (unpaired) electrons. The molecule has 0 atom stereocenters. The van der Waals surface area contributed by atoms with Gasteiger partial charge in [0.15, 0.2) is 0 Å². The zero-order valence-electron chi connectivity index (χ0n) is 13.6. The predicted molar refractivity (Wildman–Crippen MR) is 97.2 cm³/mol. The Bertz CT molecular complexity index is 772. The van der Waals surface area contributed by atoms with Crippen LogP contribution in [0.2, 0.25) is 0 Å². The summed E-state index contributed by atoms with van der Waals surface area (Å²) in [7, 11) is 0. The second-order valence-electron chi connectivity index (χ2n) is 6.14. The smallest absolute Gasteiger partial charge is 0.133 e. The summed E-state index contributed by atoms with van der Waals surface area (Å²) < 4.78 is 5.15. The van der Waals surface area contributed by atoms with Gasteiger partial charge >= 0.3 is 0 Å². The van der Waals surface area contributed by atoms with Crippen molar-refractivity contribution in [3.8, 4) is 10.6 Å². The van der Waals surface area contributed by atoms with Crippen molar-refractivity contribution in [3.63, 3.8) is 0 Å². The Morgan fingerprint density at radius 2 is 1.83 bits per heavy atom. The molecule has 5 nitrogen and oxygen atoms in total. The van der Waals surface area contributed by atoms with Crippen molar-refractivity contribution in [1.82, 2.24) is 19.9 Å². The van der Waals surface area contributed by atoms with Gasteiger partial charge < -0.3 is 4.52 Å². The fourth-order valence-corrected chi connectivity index (χ4v) is 4.48. The fourth-order valence-electron chi connectivity index (χ4n) is 2.95. The van der Waals surface area contributed by atoms with Gasteiger partial charge in [-0.25, -0.2) is 4.98 Å². The lowest BCUT2D eigenvalue weighted by Crippen LogP contribution is -2.45. The van der Waals surface area contributed by atoms with Gasteiger partial charge in [-0.1, -0.05) is 5.16 Å². The summed E-state index contributed by atoms with van der Waals surface area (Å²) in [6, 6.07) is 4.16. The zero-order chi connectivity index (χ0) is 16.4. The van der Waals surface area contributed by atoms with Crippen molar-refractivity contribution in [2.24, 2.45) is 0 Å². The lowest BCUT2D eigenvalue weighted by Gasteiger charge is -2.33. The van der Waals surface area contributed by atoms with Crippen LogP contribution in [0, 0.1) is 6.92 Å². The molecule has 24 heavy (non-hydrogen) atoms. The highest BCUT2D eigenvalue weighted by atomic mass is 32.1. The third-order valence-electron chi connectivity index (χ3n) is 4.23. The normalized spacial score (nSPS) is 16.7. The summed E-state index contributed by atoms with van der Waals surface area (Å²) in [6.07, 6.45) is 0. The SMILES string of the molecule is Cc1cc(CN2CCN(Cc3csc(-c4ccsc4)n3)CC2)no1. The summed E-state index contributed by atoms with van der Waals surface area (Å²) in [6.45, 7) is 8.03. The second-order valence-corrected chi connectivity index (χ2v) is 7.78. The van der Waals surface area contributed by atoms with E-state index in [0.717, 1.165) is 55.7 Å². The first-order valence-electron chi connectivity index (χ1n) is 8.10. The van der Waals surface area contributed by atoms with Crippen molar-refractivity contribution in [1.29, 1.82) is 0 Å². The molecule has 4 rings (SSSR count). The molecule has 3 aromatic heterocycles. The van der Waals surface area contributed by atoms with E-state index < -0.39 is 0 Å². The summed E-state index contributed by atoms with van der Waals surface area (Å²) >= 11 is 3.46. The van der Waals surface area contributed by atoms with E-state index in [1.165, 1.54) is 11.3 Å². The van der Waals surface area contributed by atoms with Crippen LogP contribution < -0.4 is 0 Å². The van der Waals surface area contributed by atoms with E-state index in [9.17, 15) is 0 Å². The molecule has 1 aliphatic heterocycles. The summed E-state index contributed by atoms with van der Waals surface area (Å²) in [4.78, 5) is 9.70. The number of thiophene rings is 1. The van der Waals surface area contributed by atoms with Crippen molar-refractivity contribution < 1.29 is 4.52 Å². The molecule has 0 aromatic carbocycles. The van der Waals surface area contributed by atoms with Gasteiger partial charge in [0, 0.05) is 61.7 Å². The van der Waals surface area contributed by atoms with Gasteiger partial charge in [0.05, 0.1) is 11.4 Å². The molecule has 3 aromatic rings. The number of aromatic nitrogens is 2. The number of piperazine rings is 1. The Kier molecular flexibility index (Phi) is 4.75. The number of hydrogen-bond acceptors (Lipinski definition) is 7. The van der Waals surface area contributed by atoms with Crippen molar-refractivity contribution in [2.75, 3.05) is 26.2 Å². The molecule has 1 fully saturated rings. The first kappa shape index (κ1) is 16.0. The maximum atomic E-state index is 5.15. The number of thiazole rings is 1. The minimum Gasteiger partial charge on any atom is -0.361 e. The zero-order valence-corrected chi connectivity index (χ0v) is 15.3. The molecule has 126 valence electrons. The van der Waals surface area contributed by atoms with Crippen LogP contribution >= 0.6 is 22.7 Å². The van der Waals surface area contributed by atoms with E-state index in [4.69, 9.17) is 9.51 Å². The summed E-state index contributed by atoms with van der Waals surface area (Å²) in [5.41, 5.74) is 3.45. The van der Waals surface area contributed by atoms with Crippen molar-refractivity contribution >= 4 is 22.7 Å². The average Bonchev–Trinajstić information content (AvgIpc) is 3.31. The number of hydrogen-bond donors (Lipinski definition) is 0. The summed E-state index contributed by atoms with van der Waals surface area (Å²) in [5.74, 6) is 0.883. The van der Waals surface area contributed by atoms with Crippen molar-refractivity contribution in [2.45, 2.75) is 20.0 Å². The Hall–Kier alpha value is -1.54. The standard InChI is InChI=1S/C17H20N4OS2/c1-13-8-15(19-22-13)9-20-3-5-21(6-4-20)10-16-12-24-17(18-16)14-2-7-23-11-14/h2,7-8,11-12H,3-6,9-10H2,1H3. The van der Waals surface area contributed by atoms with Gasteiger partial charge in [-0.3, -0.25) is 9.80 Å². The maximum Gasteiger partial charge on any atom is 0.133 e. The topological polar surface area (TPSA) is 45.4 Å². The van der Waals surface area contributed by atoms with E-state index in [1.807, 2.05) is 13.0 Å². The highest BCUT2D eigenvalue weighted by Gasteiger charge is 2.19. The Morgan fingerprint density at radius 3 is 2.46 bits per heavy atom. The molecule has 0 amide bonds. The Balaban J connectivity index is 1.29. The molecule has 0 aliphatic carbocycles. The van der Waals surface area contributed by atoms with Crippen LogP contribution in [0.4, 0.5) is 0 Å². The molecule has 4 heterocycles. The minimum absolute atomic E-state index is 0.879. The van der Waals surface area contributed by atoms with Crippen LogP contribution in [0.1, 0.15) is 17.1 Å². The molecule has 0 unspecified atom stereocenters. The van der Waals surface area contributed by atoms with E-state index in [-0.39, 0.29) is 0 Å². The minimum atomic E-state index is 0.879. The molecule has 0 saturated carbocycles. The third-order valence-corrected chi connectivity index (χ3v) is 5.86. The van der Waals surface area contributed by atoms with Crippen LogP contribution in [0.3, 0.4) is 0 Å². The Labute approximate surface area is 149 Å². The van der Waals surface area contributed by atoms with Gasteiger partial charge in [-0.2, -0.15) is 11.3 Å². The van der Waals surface area contributed by atoms with Gasteiger partial charge in [-0.15, -0.1) is 11.3 Å². The van der Waals surface area contributed by atoms with E-state index in [1.54, 1.807) is 22.7 Å². The molecule has 1 aliphatic rings. The van der Waals surface area contributed by atoms with Crippen LogP contribution in [0.25, 0.3) is 10.6 Å². The quantitative estimate of drug-likeness (QED) is 0.697. The third kappa shape index (κ3) is 3.75. The van der Waals surface area contributed by atoms with Crippen molar-refractivity contribution in [3.05, 3.63) is 45.4 Å². The van der Waals surface area contributed by atoms with Gasteiger partial charge in [0.25, 0.3) is 0 Å². The molecule has 0 spiro atoms. The highest BCUT2D eigenvalue weighted by Crippen LogP contribution is 2.26. The lowest BCUT2D eigenvalue weighted by atomic mass is 10.2. The van der Waals surface area contributed by atoms with Crippen LogP contribution in [-0.2, 0) is 13.1 Å².